The second kappa shape index (κ2) is 43.5. The van der Waals surface area contributed by atoms with Crippen molar-refractivity contribution in [1.82, 2.24) is 5.32 Å². The van der Waals surface area contributed by atoms with Gasteiger partial charge in [-0.05, 0) is 77.0 Å². The number of carbonyl (C=O) groups is 1. The normalized spacial score (nSPS) is 14.1. The molecule has 0 aliphatic rings. The minimum absolute atomic E-state index is 0.0955. The van der Waals surface area contributed by atoms with Gasteiger partial charge in [-0.25, -0.2) is 0 Å². The fourth-order valence-electron chi connectivity index (χ4n) is 5.77. The fourth-order valence-corrected chi connectivity index (χ4v) is 5.77. The molecule has 1 amide bonds. The van der Waals surface area contributed by atoms with Crippen molar-refractivity contribution in [1.29, 1.82) is 0 Å². The summed E-state index contributed by atoms with van der Waals surface area (Å²) < 4.78 is 0. The summed E-state index contributed by atoms with van der Waals surface area (Å²) in [7, 11) is 0. The summed E-state index contributed by atoms with van der Waals surface area (Å²) in [4.78, 5) is 12.4. The highest BCUT2D eigenvalue weighted by atomic mass is 16.3. The molecule has 0 spiro atoms. The molecule has 0 heterocycles. The first-order valence-electron chi connectivity index (χ1n) is 21.6. The van der Waals surface area contributed by atoms with Crippen LogP contribution in [0.15, 0.2) is 109 Å². The van der Waals surface area contributed by atoms with Crippen molar-refractivity contribution in [2.75, 3.05) is 6.61 Å². The summed E-state index contributed by atoms with van der Waals surface area (Å²) in [5.74, 6) is -0.0955. The summed E-state index contributed by atoms with van der Waals surface area (Å²) in [6.45, 7) is 4.19. The minimum Gasteiger partial charge on any atom is -0.394 e. The summed E-state index contributed by atoms with van der Waals surface area (Å²) in [6.07, 6.45) is 65.9. The van der Waals surface area contributed by atoms with Crippen LogP contribution in [0.3, 0.4) is 0 Å². The molecule has 0 fully saturated rings. The largest absolute Gasteiger partial charge is 0.394 e. The smallest absolute Gasteiger partial charge is 0.220 e. The van der Waals surface area contributed by atoms with Crippen LogP contribution in [0.5, 0.6) is 0 Å². The molecule has 2 unspecified atom stereocenters. The van der Waals surface area contributed by atoms with Gasteiger partial charge >= 0.3 is 0 Å². The van der Waals surface area contributed by atoms with E-state index in [2.05, 4.69) is 129 Å². The number of carbonyl (C=O) groups excluding carboxylic acids is 1. The third kappa shape index (κ3) is 40.1. The van der Waals surface area contributed by atoms with Crippen LogP contribution in [0.1, 0.15) is 174 Å². The lowest BCUT2D eigenvalue weighted by atomic mass is 10.0. The van der Waals surface area contributed by atoms with Crippen LogP contribution in [0.4, 0.5) is 0 Å². The van der Waals surface area contributed by atoms with Crippen LogP contribution in [0.25, 0.3) is 0 Å². The van der Waals surface area contributed by atoms with E-state index >= 15 is 0 Å². The van der Waals surface area contributed by atoms with E-state index < -0.39 is 12.1 Å². The number of aliphatic hydroxyl groups excluding tert-OH is 2. The van der Waals surface area contributed by atoms with Crippen LogP contribution >= 0.6 is 0 Å². The van der Waals surface area contributed by atoms with E-state index in [0.29, 0.717) is 12.8 Å². The van der Waals surface area contributed by atoms with Crippen LogP contribution < -0.4 is 5.32 Å². The van der Waals surface area contributed by atoms with Gasteiger partial charge in [-0.15, -0.1) is 0 Å². The Kier molecular flexibility index (Phi) is 41.0. The molecule has 0 aliphatic heterocycles. The standard InChI is InChI=1S/C49H81NO3/c1-3-5-7-9-11-13-15-17-18-19-20-21-22-23-24-25-26-27-28-29-30-31-32-33-35-37-39-41-43-45-49(53)50-47(46-51)48(52)44-42-40-38-36-34-16-14-12-10-8-6-4-2/h5,7,11,13,17-18,20-21,23-24,26-27,29-30,32-33,37,39,47-48,51-52H,3-4,6,8-10,12,14-16,19,22,25,28,31,34-36,38,40-46H2,1-2H3,(H,50,53)/b7-5-,13-11-,18-17-,21-20-,24-23-,27-26-,30-29-,33-32-,39-37-. The molecule has 3 N–H and O–H groups in total. The molecule has 4 nitrogen and oxygen atoms in total. The molecule has 0 aromatic rings. The summed E-state index contributed by atoms with van der Waals surface area (Å²) in [6, 6.07) is -0.574. The molecule has 2 atom stereocenters. The van der Waals surface area contributed by atoms with Crippen LogP contribution in [-0.4, -0.2) is 34.9 Å². The predicted molar refractivity (Wildman–Crippen MR) is 234 cm³/mol. The predicted octanol–water partition coefficient (Wildman–Crippen LogP) is 13.6. The molecule has 0 saturated carbocycles. The number of hydrogen-bond donors (Lipinski definition) is 3. The SMILES string of the molecule is CC/C=C\C/C=C\C/C=C\C/C=C\C/C=C\C/C=C\C/C=C\C/C=C\C/C=C\CCCC(=O)NC(CO)C(O)CCCCCCCCCCCCCC. The lowest BCUT2D eigenvalue weighted by molar-refractivity contribution is -0.123. The van der Waals surface area contributed by atoms with Gasteiger partial charge in [-0.1, -0.05) is 200 Å². The average molecular weight is 732 g/mol. The first kappa shape index (κ1) is 50.1. The zero-order chi connectivity index (χ0) is 38.6. The first-order chi connectivity index (χ1) is 26.2. The molecule has 53 heavy (non-hydrogen) atoms. The average Bonchev–Trinajstić information content (AvgIpc) is 3.16. The van der Waals surface area contributed by atoms with Crippen molar-refractivity contribution in [3.05, 3.63) is 109 Å². The summed E-state index contributed by atoms with van der Waals surface area (Å²) >= 11 is 0. The molecule has 0 aromatic carbocycles. The van der Waals surface area contributed by atoms with E-state index in [1.165, 1.54) is 64.2 Å². The lowest BCUT2D eigenvalue weighted by Crippen LogP contribution is -2.45. The van der Waals surface area contributed by atoms with Crippen molar-refractivity contribution >= 4 is 5.91 Å². The van der Waals surface area contributed by atoms with E-state index in [4.69, 9.17) is 0 Å². The highest BCUT2D eigenvalue weighted by molar-refractivity contribution is 5.76. The summed E-state index contributed by atoms with van der Waals surface area (Å²) in [5.41, 5.74) is 0. The van der Waals surface area contributed by atoms with Gasteiger partial charge in [-0.3, -0.25) is 4.79 Å². The number of hydrogen-bond acceptors (Lipinski definition) is 3. The highest BCUT2D eigenvalue weighted by Crippen LogP contribution is 2.14. The molecule has 0 rings (SSSR count). The van der Waals surface area contributed by atoms with E-state index in [0.717, 1.165) is 83.5 Å². The van der Waals surface area contributed by atoms with E-state index in [1.54, 1.807) is 0 Å². The van der Waals surface area contributed by atoms with Gasteiger partial charge in [0.2, 0.25) is 5.91 Å². The molecular weight excluding hydrogens is 651 g/mol. The number of unbranched alkanes of at least 4 members (excludes halogenated alkanes) is 12. The van der Waals surface area contributed by atoms with Crippen molar-refractivity contribution in [3.63, 3.8) is 0 Å². The van der Waals surface area contributed by atoms with Gasteiger partial charge in [0.15, 0.2) is 0 Å². The molecule has 300 valence electrons. The molecule has 0 radical (unpaired) electrons. The van der Waals surface area contributed by atoms with E-state index in [9.17, 15) is 15.0 Å². The minimum atomic E-state index is -0.690. The Hall–Kier alpha value is -2.95. The zero-order valence-corrected chi connectivity index (χ0v) is 34.2. The Morgan fingerprint density at radius 1 is 0.472 bits per heavy atom. The van der Waals surface area contributed by atoms with Crippen molar-refractivity contribution in [2.45, 2.75) is 187 Å². The first-order valence-corrected chi connectivity index (χ1v) is 21.6. The number of rotatable bonds is 37. The van der Waals surface area contributed by atoms with Crippen LogP contribution in [0.2, 0.25) is 0 Å². The van der Waals surface area contributed by atoms with E-state index in [-0.39, 0.29) is 12.5 Å². The second-order valence-electron chi connectivity index (χ2n) is 14.0. The van der Waals surface area contributed by atoms with Crippen molar-refractivity contribution < 1.29 is 15.0 Å². The maximum atomic E-state index is 12.4. The topological polar surface area (TPSA) is 69.6 Å². The van der Waals surface area contributed by atoms with E-state index in [1.807, 2.05) is 0 Å². The maximum absolute atomic E-state index is 12.4. The molecule has 0 bridgehead atoms. The van der Waals surface area contributed by atoms with Gasteiger partial charge in [0.1, 0.15) is 0 Å². The Morgan fingerprint density at radius 3 is 1.17 bits per heavy atom. The molecule has 0 saturated heterocycles. The fraction of sp³-hybridized carbons (Fsp3) is 0.612. The molecule has 4 heteroatoms. The Morgan fingerprint density at radius 2 is 0.811 bits per heavy atom. The number of allylic oxidation sites excluding steroid dienone is 18. The molecule has 0 aromatic heterocycles. The highest BCUT2D eigenvalue weighted by Gasteiger charge is 2.19. The Labute approximate surface area is 327 Å². The second-order valence-corrected chi connectivity index (χ2v) is 14.0. The van der Waals surface area contributed by atoms with Crippen LogP contribution in [-0.2, 0) is 4.79 Å². The third-order valence-electron chi connectivity index (χ3n) is 9.05. The van der Waals surface area contributed by atoms with Crippen molar-refractivity contribution in [3.8, 4) is 0 Å². The van der Waals surface area contributed by atoms with Gasteiger partial charge < -0.3 is 15.5 Å². The summed E-state index contributed by atoms with van der Waals surface area (Å²) in [5, 5.41) is 23.0. The Bertz CT molecular complexity index is 1060. The van der Waals surface area contributed by atoms with Crippen LogP contribution in [0, 0.1) is 0 Å². The lowest BCUT2D eigenvalue weighted by Gasteiger charge is -2.22. The number of aliphatic hydroxyl groups is 2. The number of nitrogens with one attached hydrogen (secondary N) is 1. The molecule has 0 aliphatic carbocycles. The van der Waals surface area contributed by atoms with Gasteiger partial charge in [0, 0.05) is 6.42 Å². The van der Waals surface area contributed by atoms with Gasteiger partial charge in [0.05, 0.1) is 18.8 Å². The zero-order valence-electron chi connectivity index (χ0n) is 34.2. The van der Waals surface area contributed by atoms with Gasteiger partial charge in [-0.2, -0.15) is 0 Å². The number of amides is 1. The van der Waals surface area contributed by atoms with Crippen molar-refractivity contribution in [2.24, 2.45) is 0 Å². The van der Waals surface area contributed by atoms with Gasteiger partial charge in [0.25, 0.3) is 0 Å². The third-order valence-corrected chi connectivity index (χ3v) is 9.05. The monoisotopic (exact) mass is 732 g/mol. The maximum Gasteiger partial charge on any atom is 0.220 e. The molecular formula is C49H81NO3. The Balaban J connectivity index is 3.75. The quantitative estimate of drug-likeness (QED) is 0.0440.